The van der Waals surface area contributed by atoms with Gasteiger partial charge in [0, 0.05) is 43.3 Å². The second-order valence-corrected chi connectivity index (χ2v) is 7.55. The van der Waals surface area contributed by atoms with E-state index in [-0.39, 0.29) is 0 Å². The molecule has 2 saturated heterocycles. The first-order chi connectivity index (χ1) is 9.40. The molecule has 0 unspecified atom stereocenters. The molecule has 20 heavy (non-hydrogen) atoms. The fraction of sp³-hybridized carbons (Fsp3) is 1.00. The molecule has 0 saturated carbocycles. The summed E-state index contributed by atoms with van der Waals surface area (Å²) in [5, 5.41) is 0. The van der Waals surface area contributed by atoms with Crippen LogP contribution in [0, 0.1) is 0 Å². The van der Waals surface area contributed by atoms with Gasteiger partial charge in [-0.1, -0.05) is 0 Å². The summed E-state index contributed by atoms with van der Waals surface area (Å²) in [6.07, 6.45) is 2.72. The van der Waals surface area contributed by atoms with Gasteiger partial charge in [-0.25, -0.2) is 0 Å². The zero-order valence-corrected chi connectivity index (χ0v) is 14.5. The van der Waals surface area contributed by atoms with E-state index in [9.17, 15) is 0 Å². The lowest BCUT2D eigenvalue weighted by atomic mass is 9.97. The van der Waals surface area contributed by atoms with Crippen LogP contribution in [0.4, 0.5) is 0 Å². The molecule has 2 aliphatic heterocycles. The normalized spacial score (nSPS) is 32.4. The summed E-state index contributed by atoms with van der Waals surface area (Å²) in [6.45, 7) is 19.2. The molecule has 0 radical (unpaired) electrons. The number of hydrogen-bond donors (Lipinski definition) is 0. The Kier molecular flexibility index (Phi) is 5.49. The fourth-order valence-electron chi connectivity index (χ4n) is 4.14. The van der Waals surface area contributed by atoms with E-state index < -0.39 is 0 Å². The van der Waals surface area contributed by atoms with Gasteiger partial charge in [-0.2, -0.15) is 0 Å². The summed E-state index contributed by atoms with van der Waals surface area (Å²) >= 11 is 0. The first-order valence-corrected chi connectivity index (χ1v) is 8.65. The minimum Gasteiger partial charge on any atom is -0.301 e. The van der Waals surface area contributed by atoms with Crippen molar-refractivity contribution in [1.82, 2.24) is 14.7 Å². The summed E-state index contributed by atoms with van der Waals surface area (Å²) in [6, 6.07) is 3.62. The van der Waals surface area contributed by atoms with Crippen LogP contribution in [0.1, 0.15) is 54.4 Å². The zero-order chi connectivity index (χ0) is 14.9. The third kappa shape index (κ3) is 3.55. The average molecular weight is 281 g/mol. The smallest absolute Gasteiger partial charge is 0.0198 e. The molecule has 2 atom stereocenters. The monoisotopic (exact) mass is 281 g/mol. The van der Waals surface area contributed by atoms with E-state index in [1.807, 2.05) is 0 Å². The largest absolute Gasteiger partial charge is 0.301 e. The molecule has 0 aromatic rings. The van der Waals surface area contributed by atoms with Gasteiger partial charge in [0.05, 0.1) is 0 Å². The van der Waals surface area contributed by atoms with Crippen molar-refractivity contribution >= 4 is 0 Å². The van der Waals surface area contributed by atoms with Gasteiger partial charge in [0.15, 0.2) is 0 Å². The Morgan fingerprint density at radius 3 is 1.90 bits per heavy atom. The molecular weight excluding hydrogens is 246 g/mol. The highest BCUT2D eigenvalue weighted by Crippen LogP contribution is 2.25. The third-order valence-electron chi connectivity index (χ3n) is 5.44. The van der Waals surface area contributed by atoms with Crippen LogP contribution in [0.25, 0.3) is 0 Å². The lowest BCUT2D eigenvalue weighted by molar-refractivity contribution is -0.0190. The molecule has 3 nitrogen and oxygen atoms in total. The quantitative estimate of drug-likeness (QED) is 0.787. The molecule has 0 N–H and O–H groups in total. The van der Waals surface area contributed by atoms with E-state index in [4.69, 9.17) is 0 Å². The second kappa shape index (κ2) is 6.76. The molecule has 118 valence electrons. The van der Waals surface area contributed by atoms with Gasteiger partial charge < -0.3 is 4.90 Å². The maximum absolute atomic E-state index is 2.81. The van der Waals surface area contributed by atoms with Crippen molar-refractivity contribution in [3.8, 4) is 0 Å². The van der Waals surface area contributed by atoms with Crippen molar-refractivity contribution in [2.75, 3.05) is 26.2 Å². The van der Waals surface area contributed by atoms with Gasteiger partial charge in [-0.05, 0) is 67.5 Å². The van der Waals surface area contributed by atoms with E-state index in [2.05, 4.69) is 56.2 Å². The van der Waals surface area contributed by atoms with Crippen LogP contribution in [0.3, 0.4) is 0 Å². The van der Waals surface area contributed by atoms with E-state index in [0.717, 1.165) is 6.04 Å². The van der Waals surface area contributed by atoms with E-state index in [0.29, 0.717) is 24.2 Å². The zero-order valence-electron chi connectivity index (χ0n) is 14.5. The summed E-state index contributed by atoms with van der Waals surface area (Å²) < 4.78 is 0. The lowest BCUT2D eigenvalue weighted by Crippen LogP contribution is -2.62. The van der Waals surface area contributed by atoms with Crippen LogP contribution < -0.4 is 0 Å². The van der Waals surface area contributed by atoms with Crippen molar-refractivity contribution in [3.05, 3.63) is 0 Å². The topological polar surface area (TPSA) is 9.72 Å². The molecule has 2 rings (SSSR count). The van der Waals surface area contributed by atoms with Gasteiger partial charge in [-0.3, -0.25) is 9.80 Å². The summed E-state index contributed by atoms with van der Waals surface area (Å²) in [5.41, 5.74) is 0. The predicted octanol–water partition coefficient (Wildman–Crippen LogP) is 2.66. The van der Waals surface area contributed by atoms with Crippen molar-refractivity contribution in [2.45, 2.75) is 84.6 Å². The van der Waals surface area contributed by atoms with Crippen molar-refractivity contribution in [1.29, 1.82) is 0 Å². The van der Waals surface area contributed by atoms with Gasteiger partial charge in [0.25, 0.3) is 0 Å². The molecule has 2 fully saturated rings. The highest BCUT2D eigenvalue weighted by molar-refractivity contribution is 4.91. The molecule has 0 aromatic heterocycles. The van der Waals surface area contributed by atoms with Crippen molar-refractivity contribution in [3.63, 3.8) is 0 Å². The molecule has 0 amide bonds. The number of likely N-dealkylation sites (tertiary alicyclic amines) is 1. The van der Waals surface area contributed by atoms with Crippen LogP contribution in [-0.4, -0.2) is 71.1 Å². The summed E-state index contributed by atoms with van der Waals surface area (Å²) in [5.74, 6) is 0. The number of hydrogen-bond acceptors (Lipinski definition) is 3. The Balaban J connectivity index is 1.91. The Bertz CT molecular complexity index is 295. The van der Waals surface area contributed by atoms with E-state index in [1.165, 1.54) is 39.0 Å². The molecule has 0 bridgehead atoms. The number of piperazine rings is 1. The Morgan fingerprint density at radius 1 is 0.800 bits per heavy atom. The van der Waals surface area contributed by atoms with E-state index in [1.54, 1.807) is 0 Å². The summed E-state index contributed by atoms with van der Waals surface area (Å²) in [7, 11) is 0. The first-order valence-electron chi connectivity index (χ1n) is 8.65. The Hall–Kier alpha value is -0.120. The Labute approximate surface area is 126 Å². The molecule has 2 aliphatic rings. The number of piperidine rings is 1. The Morgan fingerprint density at radius 2 is 1.40 bits per heavy atom. The first kappa shape index (κ1) is 16.3. The lowest BCUT2D eigenvalue weighted by Gasteiger charge is -2.50. The molecule has 0 aromatic carbocycles. The predicted molar refractivity (Wildman–Crippen MR) is 87.2 cm³/mol. The van der Waals surface area contributed by atoms with Crippen LogP contribution in [0.2, 0.25) is 0 Å². The maximum Gasteiger partial charge on any atom is 0.0198 e. The standard InChI is InChI=1S/C17H35N3/c1-13(2)18-9-7-17(8-10-18)20-12-15(5)19(14(3)4)11-16(20)6/h13-17H,7-12H2,1-6H3/t15-,16+/m1/s1. The molecule has 0 spiro atoms. The van der Waals surface area contributed by atoms with Crippen LogP contribution in [0.15, 0.2) is 0 Å². The van der Waals surface area contributed by atoms with Crippen LogP contribution >= 0.6 is 0 Å². The number of rotatable bonds is 3. The van der Waals surface area contributed by atoms with Crippen molar-refractivity contribution in [2.24, 2.45) is 0 Å². The molecule has 0 aliphatic carbocycles. The highest BCUT2D eigenvalue weighted by Gasteiger charge is 2.35. The van der Waals surface area contributed by atoms with Crippen molar-refractivity contribution < 1.29 is 0 Å². The minimum atomic E-state index is 0.678. The van der Waals surface area contributed by atoms with Crippen LogP contribution in [-0.2, 0) is 0 Å². The fourth-order valence-corrected chi connectivity index (χ4v) is 4.14. The average Bonchev–Trinajstić information content (AvgIpc) is 2.40. The summed E-state index contributed by atoms with van der Waals surface area (Å²) in [4.78, 5) is 8.11. The SMILES string of the molecule is CC(C)N1CCC(N2C[C@@H](C)N(C(C)C)C[C@@H]2C)CC1. The highest BCUT2D eigenvalue weighted by atomic mass is 15.3. The second-order valence-electron chi connectivity index (χ2n) is 7.55. The minimum absolute atomic E-state index is 0.678. The molecule has 3 heteroatoms. The van der Waals surface area contributed by atoms with Gasteiger partial charge in [0.1, 0.15) is 0 Å². The molecule has 2 heterocycles. The maximum atomic E-state index is 2.81. The number of nitrogens with zero attached hydrogens (tertiary/aromatic N) is 3. The van der Waals surface area contributed by atoms with E-state index >= 15 is 0 Å². The third-order valence-corrected chi connectivity index (χ3v) is 5.44. The van der Waals surface area contributed by atoms with Gasteiger partial charge in [-0.15, -0.1) is 0 Å². The molecular formula is C17H35N3. The van der Waals surface area contributed by atoms with Gasteiger partial charge >= 0.3 is 0 Å². The van der Waals surface area contributed by atoms with Crippen LogP contribution in [0.5, 0.6) is 0 Å². The van der Waals surface area contributed by atoms with Gasteiger partial charge in [0.2, 0.25) is 0 Å².